The molecule has 0 amide bonds. The molecule has 110 valence electrons. The minimum Gasteiger partial charge on any atom is -0.496 e. The minimum atomic E-state index is 0.231. The molecule has 2 aromatic carbocycles. The molecule has 0 saturated carbocycles. The Labute approximate surface area is 134 Å². The van der Waals surface area contributed by atoms with Crippen LogP contribution >= 0.6 is 15.9 Å². The number of aryl methyl sites for hydroxylation is 2. The Morgan fingerprint density at radius 2 is 1.90 bits per heavy atom. The van der Waals surface area contributed by atoms with Crippen LogP contribution in [0.3, 0.4) is 0 Å². The van der Waals surface area contributed by atoms with Gasteiger partial charge >= 0.3 is 0 Å². The number of benzene rings is 2. The second kappa shape index (κ2) is 7.41. The van der Waals surface area contributed by atoms with Gasteiger partial charge in [0, 0.05) is 22.9 Å². The lowest BCUT2D eigenvalue weighted by Crippen LogP contribution is -2.06. The van der Waals surface area contributed by atoms with Crippen LogP contribution in [-0.2, 0) is 17.6 Å². The molecule has 0 heterocycles. The number of carbonyl (C=O) groups excluding carboxylic acids is 1. The third kappa shape index (κ3) is 4.43. The van der Waals surface area contributed by atoms with Crippen LogP contribution < -0.4 is 4.74 Å². The highest BCUT2D eigenvalue weighted by atomic mass is 79.9. The van der Waals surface area contributed by atoms with Crippen LogP contribution in [0.5, 0.6) is 5.75 Å². The van der Waals surface area contributed by atoms with Crippen LogP contribution in [0.15, 0.2) is 46.9 Å². The quantitative estimate of drug-likeness (QED) is 0.769. The maximum atomic E-state index is 12.2. The second-order valence-corrected chi connectivity index (χ2v) is 6.01. The summed E-state index contributed by atoms with van der Waals surface area (Å²) in [5.41, 5.74) is 3.42. The van der Waals surface area contributed by atoms with Crippen molar-refractivity contribution in [1.82, 2.24) is 0 Å². The highest BCUT2D eigenvalue weighted by Crippen LogP contribution is 2.24. The van der Waals surface area contributed by atoms with Crippen molar-refractivity contribution in [3.05, 3.63) is 63.6 Å². The summed E-state index contributed by atoms with van der Waals surface area (Å²) in [7, 11) is 1.63. The van der Waals surface area contributed by atoms with Crippen molar-refractivity contribution in [1.29, 1.82) is 0 Å². The number of hydrogen-bond donors (Lipinski definition) is 0. The molecule has 2 aromatic rings. The van der Waals surface area contributed by atoms with Crippen molar-refractivity contribution in [2.45, 2.75) is 26.2 Å². The molecule has 0 aliphatic heterocycles. The Morgan fingerprint density at radius 1 is 1.14 bits per heavy atom. The number of ether oxygens (including phenoxy) is 1. The molecule has 0 aliphatic carbocycles. The van der Waals surface area contributed by atoms with Crippen molar-refractivity contribution < 1.29 is 9.53 Å². The Balaban J connectivity index is 1.99. The molecular formula is C18H19BrO2. The molecule has 0 radical (unpaired) electrons. The van der Waals surface area contributed by atoms with E-state index < -0.39 is 0 Å². The SMILES string of the molecule is COc1ccc(Br)cc1CC(=O)CCc1ccccc1C. The van der Waals surface area contributed by atoms with Crippen LogP contribution in [-0.4, -0.2) is 12.9 Å². The predicted molar refractivity (Wildman–Crippen MR) is 88.9 cm³/mol. The van der Waals surface area contributed by atoms with E-state index in [1.54, 1.807) is 7.11 Å². The fourth-order valence-electron chi connectivity index (χ4n) is 2.35. The second-order valence-electron chi connectivity index (χ2n) is 5.10. The fourth-order valence-corrected chi connectivity index (χ4v) is 2.76. The van der Waals surface area contributed by atoms with E-state index in [2.05, 4.69) is 35.0 Å². The third-order valence-electron chi connectivity index (χ3n) is 3.56. The topological polar surface area (TPSA) is 26.3 Å². The molecule has 2 rings (SSSR count). The summed E-state index contributed by atoms with van der Waals surface area (Å²) < 4.78 is 6.27. The first-order valence-corrected chi connectivity index (χ1v) is 7.78. The summed E-state index contributed by atoms with van der Waals surface area (Å²) in [5.74, 6) is 0.997. The number of halogens is 1. The monoisotopic (exact) mass is 346 g/mol. The molecule has 3 heteroatoms. The van der Waals surface area contributed by atoms with Gasteiger partial charge in [-0.1, -0.05) is 40.2 Å². The van der Waals surface area contributed by atoms with Gasteiger partial charge in [-0.05, 0) is 42.7 Å². The first kappa shape index (κ1) is 15.8. The first-order chi connectivity index (χ1) is 10.1. The zero-order valence-electron chi connectivity index (χ0n) is 12.4. The average molecular weight is 347 g/mol. The molecule has 0 aromatic heterocycles. The molecule has 0 unspecified atom stereocenters. The van der Waals surface area contributed by atoms with E-state index in [1.165, 1.54) is 11.1 Å². The number of rotatable bonds is 6. The lowest BCUT2D eigenvalue weighted by atomic mass is 9.99. The highest BCUT2D eigenvalue weighted by molar-refractivity contribution is 9.10. The Morgan fingerprint density at radius 3 is 2.62 bits per heavy atom. The summed E-state index contributed by atoms with van der Waals surface area (Å²) in [6, 6.07) is 14.0. The molecule has 0 N–H and O–H groups in total. The van der Waals surface area contributed by atoms with Crippen LogP contribution in [0, 0.1) is 6.92 Å². The summed E-state index contributed by atoms with van der Waals surface area (Å²) in [4.78, 5) is 12.2. The lowest BCUT2D eigenvalue weighted by Gasteiger charge is -2.09. The summed E-state index contributed by atoms with van der Waals surface area (Å²) in [5, 5.41) is 0. The molecule has 0 atom stereocenters. The van der Waals surface area contributed by atoms with Gasteiger partial charge in [-0.25, -0.2) is 0 Å². The maximum Gasteiger partial charge on any atom is 0.137 e. The molecule has 0 aliphatic rings. The first-order valence-electron chi connectivity index (χ1n) is 6.99. The van der Waals surface area contributed by atoms with Gasteiger partial charge in [-0.2, -0.15) is 0 Å². The zero-order valence-corrected chi connectivity index (χ0v) is 13.9. The molecule has 21 heavy (non-hydrogen) atoms. The summed E-state index contributed by atoms with van der Waals surface area (Å²) >= 11 is 3.43. The Bertz CT molecular complexity index is 635. The molecule has 2 nitrogen and oxygen atoms in total. The smallest absolute Gasteiger partial charge is 0.137 e. The van der Waals surface area contributed by atoms with Crippen molar-refractivity contribution in [2.24, 2.45) is 0 Å². The van der Waals surface area contributed by atoms with E-state index in [1.807, 2.05) is 30.3 Å². The van der Waals surface area contributed by atoms with Crippen LogP contribution in [0.1, 0.15) is 23.1 Å². The van der Waals surface area contributed by atoms with Gasteiger partial charge in [0.05, 0.1) is 7.11 Å². The van der Waals surface area contributed by atoms with Crippen LogP contribution in [0.25, 0.3) is 0 Å². The molecule has 0 fully saturated rings. The minimum absolute atomic E-state index is 0.231. The number of Topliss-reactive ketones (excluding diaryl/α,β-unsaturated/α-hetero) is 1. The van der Waals surface area contributed by atoms with Crippen molar-refractivity contribution in [3.8, 4) is 5.75 Å². The number of carbonyl (C=O) groups is 1. The van der Waals surface area contributed by atoms with E-state index in [9.17, 15) is 4.79 Å². The zero-order chi connectivity index (χ0) is 15.2. The number of methoxy groups -OCH3 is 1. The Kier molecular flexibility index (Phi) is 5.57. The van der Waals surface area contributed by atoms with E-state index in [0.717, 1.165) is 22.2 Å². The lowest BCUT2D eigenvalue weighted by molar-refractivity contribution is -0.118. The fraction of sp³-hybridized carbons (Fsp3) is 0.278. The number of ketones is 1. The van der Waals surface area contributed by atoms with Gasteiger partial charge in [0.1, 0.15) is 11.5 Å². The van der Waals surface area contributed by atoms with Crippen LogP contribution in [0.2, 0.25) is 0 Å². The van der Waals surface area contributed by atoms with Crippen LogP contribution in [0.4, 0.5) is 0 Å². The molecule has 0 spiro atoms. The van der Waals surface area contributed by atoms with Gasteiger partial charge in [-0.3, -0.25) is 4.79 Å². The van der Waals surface area contributed by atoms with Gasteiger partial charge in [-0.15, -0.1) is 0 Å². The molecular weight excluding hydrogens is 328 g/mol. The largest absolute Gasteiger partial charge is 0.496 e. The van der Waals surface area contributed by atoms with Gasteiger partial charge in [0.2, 0.25) is 0 Å². The van der Waals surface area contributed by atoms with Gasteiger partial charge in [0.25, 0.3) is 0 Å². The van der Waals surface area contributed by atoms with E-state index >= 15 is 0 Å². The van der Waals surface area contributed by atoms with E-state index in [4.69, 9.17) is 4.74 Å². The standard InChI is InChI=1S/C18H19BrO2/c1-13-5-3-4-6-14(13)7-9-17(20)12-15-11-16(19)8-10-18(15)21-2/h3-6,8,10-11H,7,9,12H2,1-2H3. The Hall–Kier alpha value is -1.61. The van der Waals surface area contributed by atoms with Crippen molar-refractivity contribution in [2.75, 3.05) is 7.11 Å². The average Bonchev–Trinajstić information content (AvgIpc) is 2.47. The summed E-state index contributed by atoms with van der Waals surface area (Å²) in [6.45, 7) is 2.08. The summed E-state index contributed by atoms with van der Waals surface area (Å²) in [6.07, 6.45) is 1.76. The van der Waals surface area contributed by atoms with Crippen molar-refractivity contribution >= 4 is 21.7 Å². The molecule has 0 bridgehead atoms. The molecule has 0 saturated heterocycles. The third-order valence-corrected chi connectivity index (χ3v) is 4.06. The predicted octanol–water partition coefficient (Wildman–Crippen LogP) is 4.51. The van der Waals surface area contributed by atoms with E-state index in [0.29, 0.717) is 12.8 Å². The van der Waals surface area contributed by atoms with Gasteiger partial charge < -0.3 is 4.74 Å². The number of hydrogen-bond acceptors (Lipinski definition) is 2. The van der Waals surface area contributed by atoms with E-state index in [-0.39, 0.29) is 5.78 Å². The van der Waals surface area contributed by atoms with Crippen molar-refractivity contribution in [3.63, 3.8) is 0 Å². The highest BCUT2D eigenvalue weighted by Gasteiger charge is 2.10. The maximum absolute atomic E-state index is 12.2. The normalized spacial score (nSPS) is 10.4. The van der Waals surface area contributed by atoms with Gasteiger partial charge in [0.15, 0.2) is 0 Å².